The summed E-state index contributed by atoms with van der Waals surface area (Å²) in [6.45, 7) is 9.98. The van der Waals surface area contributed by atoms with E-state index in [1.54, 1.807) is 0 Å². The van der Waals surface area contributed by atoms with E-state index in [1.807, 2.05) is 6.20 Å². The second kappa shape index (κ2) is 6.06. The Morgan fingerprint density at radius 3 is 2.79 bits per heavy atom. The van der Waals surface area contributed by atoms with Crippen LogP contribution in [-0.4, -0.2) is 23.2 Å². The normalized spacial score (nSPS) is 23.4. The van der Waals surface area contributed by atoms with Crippen molar-refractivity contribution < 1.29 is 9.15 Å². The van der Waals surface area contributed by atoms with E-state index in [1.165, 1.54) is 0 Å². The highest BCUT2D eigenvalue weighted by atomic mass is 16.5. The van der Waals surface area contributed by atoms with Gasteiger partial charge in [0.2, 0.25) is 5.89 Å². The molecule has 1 aliphatic carbocycles. The second-order valence-electron chi connectivity index (χ2n) is 6.44. The number of oxazole rings is 1. The quantitative estimate of drug-likeness (QED) is 0.860. The minimum atomic E-state index is 0.0906. The van der Waals surface area contributed by atoms with E-state index in [2.05, 4.69) is 38.0 Å². The van der Waals surface area contributed by atoms with Crippen LogP contribution in [-0.2, 0) is 17.7 Å². The summed E-state index contributed by atoms with van der Waals surface area (Å²) in [4.78, 5) is 4.33. The first-order valence-corrected chi connectivity index (χ1v) is 7.26. The second-order valence-corrected chi connectivity index (χ2v) is 6.44. The van der Waals surface area contributed by atoms with Gasteiger partial charge in [-0.15, -0.1) is 0 Å². The molecule has 0 saturated heterocycles. The van der Waals surface area contributed by atoms with Crippen LogP contribution in [0.2, 0.25) is 0 Å². The lowest BCUT2D eigenvalue weighted by Gasteiger charge is -2.34. The molecule has 0 aromatic carbocycles. The van der Waals surface area contributed by atoms with Gasteiger partial charge in [0.05, 0.1) is 18.8 Å². The highest BCUT2D eigenvalue weighted by molar-refractivity contribution is 4.98. The van der Waals surface area contributed by atoms with Crippen molar-refractivity contribution in [3.05, 3.63) is 17.8 Å². The molecule has 2 rings (SSSR count). The van der Waals surface area contributed by atoms with Crippen LogP contribution in [0.3, 0.4) is 0 Å². The Balaban J connectivity index is 1.73. The molecule has 1 saturated carbocycles. The summed E-state index contributed by atoms with van der Waals surface area (Å²) < 4.78 is 11.3. The van der Waals surface area contributed by atoms with E-state index in [-0.39, 0.29) is 5.54 Å². The van der Waals surface area contributed by atoms with Gasteiger partial charge >= 0.3 is 0 Å². The lowest BCUT2D eigenvalue weighted by Crippen LogP contribution is -2.35. The Labute approximate surface area is 115 Å². The van der Waals surface area contributed by atoms with Gasteiger partial charge in [0.25, 0.3) is 0 Å². The summed E-state index contributed by atoms with van der Waals surface area (Å²) in [7, 11) is 0. The molecule has 0 unspecified atom stereocenters. The molecule has 19 heavy (non-hydrogen) atoms. The fourth-order valence-electron chi connectivity index (χ4n) is 2.36. The Bertz CT molecular complexity index is 389. The van der Waals surface area contributed by atoms with Gasteiger partial charge in [-0.1, -0.05) is 0 Å². The maximum Gasteiger partial charge on any atom is 0.208 e. The molecule has 1 heterocycles. The number of nitrogens with zero attached hydrogens (tertiary/aromatic N) is 1. The number of hydrogen-bond acceptors (Lipinski definition) is 4. The Morgan fingerprint density at radius 2 is 2.16 bits per heavy atom. The molecule has 0 amide bonds. The maximum atomic E-state index is 5.77. The van der Waals surface area contributed by atoms with Crippen molar-refractivity contribution in [2.45, 2.75) is 65.1 Å². The fourth-order valence-corrected chi connectivity index (χ4v) is 2.36. The molecule has 4 heteroatoms. The van der Waals surface area contributed by atoms with Crippen LogP contribution in [0.1, 0.15) is 52.2 Å². The number of rotatable bonds is 6. The van der Waals surface area contributed by atoms with Crippen molar-refractivity contribution >= 4 is 0 Å². The monoisotopic (exact) mass is 266 g/mol. The van der Waals surface area contributed by atoms with Gasteiger partial charge < -0.3 is 14.5 Å². The SMILES string of the molecule is CCOC1CC(Cc2cnc(CNC(C)(C)C)o2)C1. The average Bonchev–Trinajstić information content (AvgIpc) is 2.71. The summed E-state index contributed by atoms with van der Waals surface area (Å²) in [6, 6.07) is 0. The lowest BCUT2D eigenvalue weighted by atomic mass is 9.79. The molecule has 1 aromatic heterocycles. The van der Waals surface area contributed by atoms with E-state index in [9.17, 15) is 0 Å². The lowest BCUT2D eigenvalue weighted by molar-refractivity contribution is -0.0252. The molecule has 1 aromatic rings. The predicted molar refractivity (Wildman–Crippen MR) is 74.9 cm³/mol. The third kappa shape index (κ3) is 4.62. The minimum Gasteiger partial charge on any atom is -0.444 e. The van der Waals surface area contributed by atoms with Gasteiger partial charge in [-0.2, -0.15) is 0 Å². The Morgan fingerprint density at radius 1 is 1.42 bits per heavy atom. The van der Waals surface area contributed by atoms with Gasteiger partial charge in [0.1, 0.15) is 5.76 Å². The third-order valence-corrected chi connectivity index (χ3v) is 3.46. The van der Waals surface area contributed by atoms with E-state index >= 15 is 0 Å². The van der Waals surface area contributed by atoms with Crippen LogP contribution in [0.15, 0.2) is 10.6 Å². The van der Waals surface area contributed by atoms with Crippen LogP contribution in [0.25, 0.3) is 0 Å². The maximum absolute atomic E-state index is 5.77. The van der Waals surface area contributed by atoms with Crippen molar-refractivity contribution in [3.8, 4) is 0 Å². The van der Waals surface area contributed by atoms with E-state index < -0.39 is 0 Å². The van der Waals surface area contributed by atoms with Crippen LogP contribution < -0.4 is 5.32 Å². The molecule has 0 spiro atoms. The topological polar surface area (TPSA) is 47.3 Å². The van der Waals surface area contributed by atoms with Crippen molar-refractivity contribution in [1.82, 2.24) is 10.3 Å². The van der Waals surface area contributed by atoms with Crippen LogP contribution in [0.4, 0.5) is 0 Å². The molecule has 4 nitrogen and oxygen atoms in total. The third-order valence-electron chi connectivity index (χ3n) is 3.46. The molecule has 1 N–H and O–H groups in total. The number of nitrogens with one attached hydrogen (secondary N) is 1. The average molecular weight is 266 g/mol. The van der Waals surface area contributed by atoms with Crippen LogP contribution >= 0.6 is 0 Å². The van der Waals surface area contributed by atoms with Crippen molar-refractivity contribution in [3.63, 3.8) is 0 Å². The van der Waals surface area contributed by atoms with Gasteiger partial charge in [-0.25, -0.2) is 4.98 Å². The van der Waals surface area contributed by atoms with Crippen LogP contribution in [0, 0.1) is 5.92 Å². The van der Waals surface area contributed by atoms with Gasteiger partial charge in [0, 0.05) is 18.6 Å². The smallest absolute Gasteiger partial charge is 0.208 e. The predicted octanol–water partition coefficient (Wildman–Crippen LogP) is 2.92. The van der Waals surface area contributed by atoms with Crippen molar-refractivity contribution in [2.75, 3.05) is 6.61 Å². The highest BCUT2D eigenvalue weighted by Crippen LogP contribution is 2.32. The Hall–Kier alpha value is -0.870. The van der Waals surface area contributed by atoms with Crippen LogP contribution in [0.5, 0.6) is 0 Å². The summed E-state index contributed by atoms with van der Waals surface area (Å²) in [6.07, 6.45) is 5.65. The largest absolute Gasteiger partial charge is 0.444 e. The summed E-state index contributed by atoms with van der Waals surface area (Å²) in [5.41, 5.74) is 0.0906. The molecule has 0 aliphatic heterocycles. The zero-order valence-electron chi connectivity index (χ0n) is 12.5. The van der Waals surface area contributed by atoms with Gasteiger partial charge in [-0.3, -0.25) is 0 Å². The van der Waals surface area contributed by atoms with Crippen molar-refractivity contribution in [2.24, 2.45) is 5.92 Å². The van der Waals surface area contributed by atoms with E-state index in [4.69, 9.17) is 9.15 Å². The molecule has 0 bridgehead atoms. The zero-order chi connectivity index (χ0) is 13.9. The molecular formula is C15H26N2O2. The van der Waals surface area contributed by atoms with E-state index in [0.717, 1.165) is 37.5 Å². The molecule has 1 aliphatic rings. The standard InChI is InChI=1S/C15H26N2O2/c1-5-18-12-6-11(7-12)8-13-9-16-14(19-13)10-17-15(2,3)4/h9,11-12,17H,5-8,10H2,1-4H3. The number of hydrogen-bond donors (Lipinski definition) is 1. The first-order chi connectivity index (χ1) is 8.96. The molecule has 0 radical (unpaired) electrons. The molecule has 1 fully saturated rings. The summed E-state index contributed by atoms with van der Waals surface area (Å²) >= 11 is 0. The zero-order valence-corrected chi connectivity index (χ0v) is 12.5. The minimum absolute atomic E-state index is 0.0906. The number of aromatic nitrogens is 1. The fraction of sp³-hybridized carbons (Fsp3) is 0.800. The summed E-state index contributed by atoms with van der Waals surface area (Å²) in [5.74, 6) is 2.49. The van der Waals surface area contributed by atoms with Crippen molar-refractivity contribution in [1.29, 1.82) is 0 Å². The van der Waals surface area contributed by atoms with Gasteiger partial charge in [0.15, 0.2) is 0 Å². The first kappa shape index (κ1) is 14.5. The van der Waals surface area contributed by atoms with E-state index in [0.29, 0.717) is 18.6 Å². The highest BCUT2D eigenvalue weighted by Gasteiger charge is 2.30. The Kier molecular flexibility index (Phi) is 4.63. The molecular weight excluding hydrogens is 240 g/mol. The van der Waals surface area contributed by atoms with Gasteiger partial charge in [-0.05, 0) is 46.5 Å². The first-order valence-electron chi connectivity index (χ1n) is 7.26. The summed E-state index contributed by atoms with van der Waals surface area (Å²) in [5, 5.41) is 3.38. The molecule has 108 valence electrons. The molecule has 0 atom stereocenters. The number of ether oxygens (including phenoxy) is 1.